The van der Waals surface area contributed by atoms with Crippen molar-refractivity contribution in [3.05, 3.63) is 41.6 Å². The molecule has 0 atom stereocenters. The van der Waals surface area contributed by atoms with Gasteiger partial charge >= 0.3 is 0 Å². The Balaban J connectivity index is 1.67. The Kier molecular flexibility index (Phi) is 3.33. The standard InChI is InChI=1S/C15H9ClN8OS/c1-25-11-3-2-9(16)7-10(11)13-18-19-15-24(13)20-14(26-15)8-4-5-23-12(6-8)17-21-22-23/h2-7H,1H3. The quantitative estimate of drug-likeness (QED) is 0.471. The summed E-state index contributed by atoms with van der Waals surface area (Å²) in [6.07, 6.45) is 1.79. The minimum atomic E-state index is 0.562. The minimum absolute atomic E-state index is 0.562. The molecule has 0 N–H and O–H groups in total. The summed E-state index contributed by atoms with van der Waals surface area (Å²) < 4.78 is 8.69. The van der Waals surface area contributed by atoms with Gasteiger partial charge in [-0.15, -0.1) is 15.3 Å². The highest BCUT2D eigenvalue weighted by Crippen LogP contribution is 2.33. The largest absolute Gasteiger partial charge is 0.496 e. The van der Waals surface area contributed by atoms with Crippen molar-refractivity contribution >= 4 is 33.5 Å². The highest BCUT2D eigenvalue weighted by molar-refractivity contribution is 7.19. The molecule has 26 heavy (non-hydrogen) atoms. The maximum absolute atomic E-state index is 6.14. The number of benzene rings is 1. The first kappa shape index (κ1) is 15.2. The zero-order valence-electron chi connectivity index (χ0n) is 13.2. The molecule has 11 heteroatoms. The zero-order valence-corrected chi connectivity index (χ0v) is 14.8. The highest BCUT2D eigenvalue weighted by atomic mass is 35.5. The molecule has 0 saturated carbocycles. The van der Waals surface area contributed by atoms with Gasteiger partial charge in [-0.3, -0.25) is 0 Å². The molecule has 128 valence electrons. The second-order valence-electron chi connectivity index (χ2n) is 5.37. The molecule has 0 aliphatic carbocycles. The molecule has 4 heterocycles. The third-order valence-electron chi connectivity index (χ3n) is 3.84. The van der Waals surface area contributed by atoms with Crippen LogP contribution < -0.4 is 4.74 Å². The molecule has 0 bridgehead atoms. The van der Waals surface area contributed by atoms with E-state index in [-0.39, 0.29) is 0 Å². The third-order valence-corrected chi connectivity index (χ3v) is 5.02. The van der Waals surface area contributed by atoms with Crippen molar-refractivity contribution in [2.45, 2.75) is 0 Å². The van der Waals surface area contributed by atoms with E-state index in [1.807, 2.05) is 12.1 Å². The number of pyridine rings is 1. The fourth-order valence-corrected chi connectivity index (χ4v) is 3.64. The predicted molar refractivity (Wildman–Crippen MR) is 95.4 cm³/mol. The fourth-order valence-electron chi connectivity index (χ4n) is 2.63. The van der Waals surface area contributed by atoms with Crippen LogP contribution in [0.5, 0.6) is 5.75 Å². The van der Waals surface area contributed by atoms with Gasteiger partial charge in [0.15, 0.2) is 11.5 Å². The van der Waals surface area contributed by atoms with Gasteiger partial charge in [0.2, 0.25) is 4.96 Å². The van der Waals surface area contributed by atoms with E-state index >= 15 is 0 Å². The summed E-state index contributed by atoms with van der Waals surface area (Å²) in [5.41, 5.74) is 2.26. The van der Waals surface area contributed by atoms with Crippen molar-refractivity contribution in [2.24, 2.45) is 0 Å². The van der Waals surface area contributed by atoms with E-state index in [4.69, 9.17) is 16.3 Å². The van der Waals surface area contributed by atoms with Crippen LogP contribution in [0.4, 0.5) is 0 Å². The van der Waals surface area contributed by atoms with Gasteiger partial charge in [-0.25, -0.2) is 4.52 Å². The number of hydrogen-bond donors (Lipinski definition) is 0. The fraction of sp³-hybridized carbons (Fsp3) is 0.0667. The Morgan fingerprint density at radius 2 is 2.04 bits per heavy atom. The molecule has 0 amide bonds. The van der Waals surface area contributed by atoms with Gasteiger partial charge in [0.1, 0.15) is 10.8 Å². The molecular weight excluding hydrogens is 376 g/mol. The van der Waals surface area contributed by atoms with Gasteiger partial charge in [-0.2, -0.15) is 9.61 Å². The number of halogens is 1. The molecule has 0 spiro atoms. The summed E-state index contributed by atoms with van der Waals surface area (Å²) in [6.45, 7) is 0. The lowest BCUT2D eigenvalue weighted by atomic mass is 10.2. The number of hydrogen-bond acceptors (Lipinski definition) is 8. The van der Waals surface area contributed by atoms with Gasteiger partial charge in [-0.1, -0.05) is 22.9 Å². The zero-order chi connectivity index (χ0) is 17.7. The summed E-state index contributed by atoms with van der Waals surface area (Å²) in [5, 5.41) is 25.9. The molecule has 9 nitrogen and oxygen atoms in total. The molecular formula is C15H9ClN8OS. The van der Waals surface area contributed by atoms with Crippen LogP contribution >= 0.6 is 22.9 Å². The van der Waals surface area contributed by atoms with Gasteiger partial charge < -0.3 is 4.74 Å². The summed E-state index contributed by atoms with van der Waals surface area (Å²) in [4.78, 5) is 0.663. The van der Waals surface area contributed by atoms with Gasteiger partial charge in [0.05, 0.1) is 12.7 Å². The lowest BCUT2D eigenvalue weighted by Crippen LogP contribution is -1.95. The monoisotopic (exact) mass is 384 g/mol. The van der Waals surface area contributed by atoms with Crippen molar-refractivity contribution in [3.63, 3.8) is 0 Å². The molecule has 0 aliphatic rings. The Morgan fingerprint density at radius 1 is 1.12 bits per heavy atom. The average Bonchev–Trinajstić information content (AvgIpc) is 3.36. The third kappa shape index (κ3) is 2.30. The van der Waals surface area contributed by atoms with Crippen LogP contribution in [0.25, 0.3) is 32.6 Å². The number of nitrogens with zero attached hydrogens (tertiary/aromatic N) is 8. The number of ether oxygens (including phenoxy) is 1. The van der Waals surface area contributed by atoms with Crippen molar-refractivity contribution in [1.29, 1.82) is 0 Å². The van der Waals surface area contributed by atoms with Crippen LogP contribution in [0.15, 0.2) is 36.5 Å². The number of fused-ring (bicyclic) bond motifs is 2. The lowest BCUT2D eigenvalue weighted by Gasteiger charge is -2.06. The second kappa shape index (κ2) is 5.71. The van der Waals surface area contributed by atoms with Gasteiger partial charge in [-0.05, 0) is 40.8 Å². The predicted octanol–water partition coefficient (Wildman–Crippen LogP) is 2.62. The molecule has 0 saturated heterocycles. The number of tetrazole rings is 1. The summed E-state index contributed by atoms with van der Waals surface area (Å²) in [7, 11) is 1.60. The van der Waals surface area contributed by atoms with Crippen LogP contribution in [-0.4, -0.2) is 47.0 Å². The van der Waals surface area contributed by atoms with Crippen molar-refractivity contribution in [1.82, 2.24) is 39.9 Å². The van der Waals surface area contributed by atoms with Crippen LogP contribution in [0, 0.1) is 0 Å². The van der Waals surface area contributed by atoms with E-state index in [1.165, 1.54) is 11.3 Å². The molecule has 4 aromatic heterocycles. The van der Waals surface area contributed by atoms with Crippen molar-refractivity contribution in [2.75, 3.05) is 7.11 Å². The molecule has 5 aromatic rings. The first-order valence-corrected chi connectivity index (χ1v) is 8.66. The highest BCUT2D eigenvalue weighted by Gasteiger charge is 2.18. The van der Waals surface area contributed by atoms with E-state index < -0.39 is 0 Å². The number of rotatable bonds is 3. The molecule has 1 aromatic carbocycles. The van der Waals surface area contributed by atoms with E-state index in [0.29, 0.717) is 27.2 Å². The molecule has 0 unspecified atom stereocenters. The first-order chi connectivity index (χ1) is 12.7. The smallest absolute Gasteiger partial charge is 0.235 e. The van der Waals surface area contributed by atoms with Crippen LogP contribution in [0.2, 0.25) is 5.02 Å². The Morgan fingerprint density at radius 3 is 2.92 bits per heavy atom. The minimum Gasteiger partial charge on any atom is -0.496 e. The molecule has 0 aliphatic heterocycles. The second-order valence-corrected chi connectivity index (χ2v) is 6.76. The van der Waals surface area contributed by atoms with E-state index in [0.717, 1.165) is 16.1 Å². The SMILES string of the molecule is COc1ccc(Cl)cc1-c1nnc2sc(-c3ccn4nnnc4c3)nn12. The Hall–Kier alpha value is -3.11. The number of aromatic nitrogens is 8. The lowest BCUT2D eigenvalue weighted by molar-refractivity contribution is 0.416. The maximum Gasteiger partial charge on any atom is 0.235 e. The summed E-state index contributed by atoms with van der Waals surface area (Å²) in [5.74, 6) is 1.21. The van der Waals surface area contributed by atoms with Crippen LogP contribution in [0.3, 0.4) is 0 Å². The van der Waals surface area contributed by atoms with Crippen LogP contribution in [-0.2, 0) is 0 Å². The Bertz CT molecular complexity index is 1260. The summed E-state index contributed by atoms with van der Waals surface area (Å²) in [6, 6.07) is 9.10. The molecule has 5 rings (SSSR count). The van der Waals surface area contributed by atoms with Gasteiger partial charge in [0, 0.05) is 16.8 Å². The topological polar surface area (TPSA) is 95.4 Å². The van der Waals surface area contributed by atoms with E-state index in [1.54, 1.807) is 40.5 Å². The van der Waals surface area contributed by atoms with E-state index in [2.05, 4.69) is 30.8 Å². The normalized spacial score (nSPS) is 11.5. The van der Waals surface area contributed by atoms with Crippen molar-refractivity contribution in [3.8, 4) is 27.7 Å². The van der Waals surface area contributed by atoms with E-state index in [9.17, 15) is 0 Å². The number of methoxy groups -OCH3 is 1. The molecule has 0 radical (unpaired) electrons. The molecule has 0 fully saturated rings. The first-order valence-electron chi connectivity index (χ1n) is 7.47. The van der Waals surface area contributed by atoms with Gasteiger partial charge in [0.25, 0.3) is 0 Å². The van der Waals surface area contributed by atoms with Crippen LogP contribution in [0.1, 0.15) is 0 Å². The maximum atomic E-state index is 6.14. The van der Waals surface area contributed by atoms with Crippen molar-refractivity contribution < 1.29 is 4.74 Å². The average molecular weight is 385 g/mol. The Labute approximate surface area is 154 Å². The summed E-state index contributed by atoms with van der Waals surface area (Å²) >= 11 is 7.56.